The maximum absolute atomic E-state index is 12.1. The second kappa shape index (κ2) is 13.1. The van der Waals surface area contributed by atoms with Gasteiger partial charge in [-0.05, 0) is 41.3 Å². The van der Waals surface area contributed by atoms with Gasteiger partial charge in [0.05, 0.1) is 43.3 Å². The van der Waals surface area contributed by atoms with Gasteiger partial charge < -0.3 is 18.9 Å². The molecular weight excluding hydrogens is 615 g/mol. The van der Waals surface area contributed by atoms with Crippen molar-refractivity contribution in [3.63, 3.8) is 0 Å². The third-order valence-electron chi connectivity index (χ3n) is 7.74. The van der Waals surface area contributed by atoms with E-state index in [2.05, 4.69) is 72.1 Å². The first-order valence-corrected chi connectivity index (χ1v) is 19.8. The fourth-order valence-electron chi connectivity index (χ4n) is 5.32. The lowest BCUT2D eigenvalue weighted by Gasteiger charge is -2.16. The molecule has 0 N–H and O–H groups in total. The molecule has 0 radical (unpaired) electrons. The Morgan fingerprint density at radius 3 is 2.67 bits per heavy atom. The Labute approximate surface area is 273 Å². The summed E-state index contributed by atoms with van der Waals surface area (Å²) in [6.45, 7) is 8.61. The predicted molar refractivity (Wildman–Crippen MR) is 190 cm³/mol. The zero-order valence-corrected chi connectivity index (χ0v) is 29.0. The number of esters is 1. The van der Waals surface area contributed by atoms with Gasteiger partial charge in [-0.3, -0.25) is 4.79 Å². The van der Waals surface area contributed by atoms with Crippen molar-refractivity contribution in [2.75, 3.05) is 27.8 Å². The molecule has 0 atom stereocenters. The zero-order valence-electron chi connectivity index (χ0n) is 27.1. The molecule has 4 aromatic heterocycles. The van der Waals surface area contributed by atoms with Crippen molar-refractivity contribution in [3.05, 3.63) is 61.1 Å². The Bertz CT molecular complexity index is 2020. The van der Waals surface area contributed by atoms with E-state index in [1.165, 1.54) is 17.2 Å². The van der Waals surface area contributed by atoms with Crippen LogP contribution in [0.5, 0.6) is 0 Å². The molecule has 0 unspecified atom stereocenters. The van der Waals surface area contributed by atoms with Gasteiger partial charge in [0.15, 0.2) is 0 Å². The molecule has 6 aromatic rings. The second-order valence-electron chi connectivity index (χ2n) is 12.8. The van der Waals surface area contributed by atoms with E-state index in [1.807, 2.05) is 40.6 Å². The molecule has 0 bridgehead atoms. The lowest BCUT2D eigenvalue weighted by Crippen LogP contribution is -2.22. The number of aliphatic imine (C=N–C) groups is 1. The number of fused-ring (bicyclic) bond motifs is 3. The normalized spacial score (nSPS) is 12.2. The second-order valence-corrected chi connectivity index (χ2v) is 19.5. The fourth-order valence-corrected chi connectivity index (χ4v) is 7.16. The number of thiophene rings is 1. The van der Waals surface area contributed by atoms with Gasteiger partial charge in [0.25, 0.3) is 5.95 Å². The highest BCUT2D eigenvalue weighted by molar-refractivity contribution is 7.22. The summed E-state index contributed by atoms with van der Waals surface area (Å²) in [6.07, 6.45) is 7.64. The molecule has 6 rings (SSSR count). The number of aryl methyl sites for hydroxylation is 1. The molecule has 0 aliphatic heterocycles. The van der Waals surface area contributed by atoms with Crippen molar-refractivity contribution in [1.82, 2.24) is 29.2 Å². The van der Waals surface area contributed by atoms with Crippen molar-refractivity contribution in [2.45, 2.75) is 45.4 Å². The van der Waals surface area contributed by atoms with Crippen LogP contribution in [0.25, 0.3) is 53.6 Å². The van der Waals surface area contributed by atoms with E-state index in [4.69, 9.17) is 19.6 Å². The monoisotopic (exact) mass is 653 g/mol. The Hall–Kier alpha value is -4.39. The third kappa shape index (κ3) is 6.88. The van der Waals surface area contributed by atoms with E-state index in [0.717, 1.165) is 56.2 Å². The number of aromatic nitrogens is 5. The van der Waals surface area contributed by atoms with Crippen LogP contribution in [0.4, 0.5) is 5.95 Å². The third-order valence-corrected chi connectivity index (χ3v) is 10.6. The quantitative estimate of drug-likeness (QED) is 0.0445. The van der Waals surface area contributed by atoms with Crippen LogP contribution in [0.3, 0.4) is 0 Å². The minimum Gasteiger partial charge on any atom is -0.469 e. The first-order valence-electron chi connectivity index (χ1n) is 15.3. The summed E-state index contributed by atoms with van der Waals surface area (Å²) >= 11 is 1.76. The molecular formula is C34H39N7O3SSi. The number of carbonyl (C=O) groups excluding carboxylic acids is 1. The standard InChI is InChI=1S/C34H39N7O3SSi/c1-39(2)21-36-34-35-19-28-32(38-34)27(20-40(28)12-11-31(42)43-3)24-15-25-18-37-41(22-44-13-14-46(4,5)6)33(25)26(16-24)30-17-23-9-7-8-10-29(23)45-30/h7-10,15-21H,11-14,22H2,1-6H3. The first kappa shape index (κ1) is 31.6. The molecule has 0 fully saturated rings. The van der Waals surface area contributed by atoms with Crippen molar-refractivity contribution >= 4 is 69.7 Å². The van der Waals surface area contributed by atoms with Crippen LogP contribution in [0.15, 0.2) is 66.0 Å². The van der Waals surface area contributed by atoms with E-state index in [-0.39, 0.29) is 12.4 Å². The van der Waals surface area contributed by atoms with Crippen molar-refractivity contribution < 1.29 is 14.3 Å². The number of ether oxygens (including phenoxy) is 2. The van der Waals surface area contributed by atoms with E-state index in [9.17, 15) is 4.79 Å². The van der Waals surface area contributed by atoms with Crippen LogP contribution in [0.2, 0.25) is 25.7 Å². The maximum atomic E-state index is 12.1. The SMILES string of the molecule is COC(=O)CCn1cc(-c2cc(-c3cc4ccccc4s3)c3c(cnn3COCC[Si](C)(C)C)c2)c2nc(N=CN(C)C)ncc21. The van der Waals surface area contributed by atoms with Crippen LogP contribution in [0, 0.1) is 0 Å². The minimum absolute atomic E-state index is 0.233. The van der Waals surface area contributed by atoms with E-state index in [1.54, 1.807) is 23.9 Å². The summed E-state index contributed by atoms with van der Waals surface area (Å²) < 4.78 is 16.3. The largest absolute Gasteiger partial charge is 0.469 e. The highest BCUT2D eigenvalue weighted by atomic mass is 32.1. The van der Waals surface area contributed by atoms with Crippen LogP contribution < -0.4 is 0 Å². The number of rotatable bonds is 12. The summed E-state index contributed by atoms with van der Waals surface area (Å²) in [7, 11) is 4.00. The summed E-state index contributed by atoms with van der Waals surface area (Å²) in [5.74, 6) is 0.0896. The van der Waals surface area contributed by atoms with Crippen molar-refractivity contribution in [3.8, 4) is 21.6 Å². The van der Waals surface area contributed by atoms with E-state index >= 15 is 0 Å². The molecule has 2 aromatic carbocycles. The average Bonchev–Trinajstić information content (AvgIpc) is 3.75. The number of methoxy groups -OCH3 is 1. The molecule has 238 valence electrons. The number of nitrogens with zero attached hydrogens (tertiary/aromatic N) is 7. The lowest BCUT2D eigenvalue weighted by molar-refractivity contribution is -0.140. The molecule has 0 saturated carbocycles. The Morgan fingerprint density at radius 1 is 1.09 bits per heavy atom. The highest BCUT2D eigenvalue weighted by Gasteiger charge is 2.20. The van der Waals surface area contributed by atoms with Crippen LogP contribution in [0.1, 0.15) is 6.42 Å². The molecule has 4 heterocycles. The minimum atomic E-state index is -1.21. The average molecular weight is 654 g/mol. The number of hydrogen-bond acceptors (Lipinski definition) is 8. The molecule has 12 heteroatoms. The number of carbonyl (C=O) groups is 1. The van der Waals surface area contributed by atoms with Gasteiger partial charge in [-0.15, -0.1) is 11.3 Å². The van der Waals surface area contributed by atoms with Gasteiger partial charge in [0, 0.05) is 67.6 Å². The number of hydrogen-bond donors (Lipinski definition) is 0. The van der Waals surface area contributed by atoms with Gasteiger partial charge in [0.1, 0.15) is 12.2 Å². The van der Waals surface area contributed by atoms with Gasteiger partial charge in [-0.1, -0.05) is 37.8 Å². The lowest BCUT2D eigenvalue weighted by atomic mass is 10.0. The first-order chi connectivity index (χ1) is 22.1. The van der Waals surface area contributed by atoms with Gasteiger partial charge >= 0.3 is 5.97 Å². The van der Waals surface area contributed by atoms with Gasteiger partial charge in [0.2, 0.25) is 0 Å². The summed E-state index contributed by atoms with van der Waals surface area (Å²) in [6, 6.07) is 16.2. The summed E-state index contributed by atoms with van der Waals surface area (Å²) in [5.41, 5.74) is 5.60. The molecule has 0 spiro atoms. The van der Waals surface area contributed by atoms with Crippen LogP contribution in [-0.2, 0) is 27.5 Å². The topological polar surface area (TPSA) is 99.7 Å². The molecule has 0 aliphatic rings. The molecule has 0 aliphatic carbocycles. The molecule has 10 nitrogen and oxygen atoms in total. The van der Waals surface area contributed by atoms with Crippen LogP contribution in [-0.4, -0.2) is 77.4 Å². The summed E-state index contributed by atoms with van der Waals surface area (Å²) in [4.78, 5) is 28.9. The van der Waals surface area contributed by atoms with Crippen molar-refractivity contribution in [1.29, 1.82) is 0 Å². The predicted octanol–water partition coefficient (Wildman–Crippen LogP) is 7.43. The fraction of sp³-hybridized carbons (Fsp3) is 0.324. The van der Waals surface area contributed by atoms with Crippen LogP contribution >= 0.6 is 11.3 Å². The van der Waals surface area contributed by atoms with E-state index in [0.29, 0.717) is 19.2 Å². The van der Waals surface area contributed by atoms with Gasteiger partial charge in [-0.2, -0.15) is 5.10 Å². The Kier molecular flexibility index (Phi) is 9.03. The molecule has 46 heavy (non-hydrogen) atoms. The van der Waals surface area contributed by atoms with E-state index < -0.39 is 8.07 Å². The molecule has 0 saturated heterocycles. The summed E-state index contributed by atoms with van der Waals surface area (Å²) in [5, 5.41) is 7.00. The smallest absolute Gasteiger partial charge is 0.307 e. The zero-order chi connectivity index (χ0) is 32.4. The Balaban J connectivity index is 1.50. The number of benzene rings is 2. The maximum Gasteiger partial charge on any atom is 0.307 e. The molecule has 0 amide bonds. The van der Waals surface area contributed by atoms with Crippen molar-refractivity contribution in [2.24, 2.45) is 4.99 Å². The van der Waals surface area contributed by atoms with Gasteiger partial charge in [-0.25, -0.2) is 19.6 Å². The Morgan fingerprint density at radius 2 is 1.91 bits per heavy atom. The highest BCUT2D eigenvalue weighted by Crippen LogP contribution is 2.41.